The molecule has 6 rings (SSSR count). The van der Waals surface area contributed by atoms with Crippen molar-refractivity contribution >= 4 is 33.8 Å². The van der Waals surface area contributed by atoms with E-state index in [2.05, 4.69) is 6.07 Å². The molecule has 0 atom stereocenters. The summed E-state index contributed by atoms with van der Waals surface area (Å²) in [4.78, 5) is 24.7. The molecule has 0 saturated carbocycles. The molecule has 3 heterocycles. The van der Waals surface area contributed by atoms with Gasteiger partial charge < -0.3 is 15.1 Å². The number of aromatic nitrogens is 2. The van der Waals surface area contributed by atoms with Crippen LogP contribution in [0.2, 0.25) is 0 Å². The van der Waals surface area contributed by atoms with E-state index in [1.54, 1.807) is 16.2 Å². The van der Waals surface area contributed by atoms with E-state index in [0.29, 0.717) is 12.4 Å². The van der Waals surface area contributed by atoms with Gasteiger partial charge in [-0.3, -0.25) is 4.79 Å². The van der Waals surface area contributed by atoms with Crippen LogP contribution < -0.4 is 4.90 Å². The molecule has 1 amide bonds. The van der Waals surface area contributed by atoms with Gasteiger partial charge >= 0.3 is 0 Å². The number of carbonyl (C=O) groups excluding carboxylic acids is 1. The van der Waals surface area contributed by atoms with Gasteiger partial charge in [0.1, 0.15) is 11.5 Å². The summed E-state index contributed by atoms with van der Waals surface area (Å²) in [5.41, 5.74) is 5.76. The first-order valence-electron chi connectivity index (χ1n) is 11.3. The molecule has 7 heteroatoms. The van der Waals surface area contributed by atoms with Crippen LogP contribution in [0.3, 0.4) is 0 Å². The lowest BCUT2D eigenvalue weighted by atomic mass is 9.96. The molecule has 0 saturated heterocycles. The summed E-state index contributed by atoms with van der Waals surface area (Å²) in [6.07, 6.45) is 1.65. The van der Waals surface area contributed by atoms with Gasteiger partial charge in [-0.1, -0.05) is 24.3 Å². The number of phenolic OH excluding ortho intramolecular Hbond substituents is 2. The van der Waals surface area contributed by atoms with Crippen molar-refractivity contribution in [2.24, 2.45) is 0 Å². The molecule has 6 nitrogen and oxygen atoms in total. The Morgan fingerprint density at radius 1 is 0.943 bits per heavy atom. The van der Waals surface area contributed by atoms with Crippen LogP contribution >= 0.6 is 11.3 Å². The first kappa shape index (κ1) is 21.3. The van der Waals surface area contributed by atoms with E-state index in [4.69, 9.17) is 9.97 Å². The molecule has 35 heavy (non-hydrogen) atoms. The van der Waals surface area contributed by atoms with Crippen LogP contribution in [-0.2, 0) is 6.42 Å². The fourth-order valence-corrected chi connectivity index (χ4v) is 5.25. The van der Waals surface area contributed by atoms with Gasteiger partial charge in [-0.05, 0) is 60.2 Å². The number of thiophene rings is 1. The maximum atomic E-state index is 13.3. The number of anilines is 1. The number of benzene rings is 3. The zero-order valence-electron chi connectivity index (χ0n) is 18.7. The molecule has 2 aromatic heterocycles. The first-order valence-corrected chi connectivity index (χ1v) is 12.3. The fourth-order valence-electron chi connectivity index (χ4n) is 4.62. The second-order valence-corrected chi connectivity index (χ2v) is 9.31. The van der Waals surface area contributed by atoms with Crippen molar-refractivity contribution in [3.05, 3.63) is 88.6 Å². The lowest BCUT2D eigenvalue weighted by Gasteiger charge is -2.30. The van der Waals surface area contributed by atoms with E-state index in [1.165, 1.54) is 18.2 Å². The summed E-state index contributed by atoms with van der Waals surface area (Å²) in [5, 5.41) is 24.8. The van der Waals surface area contributed by atoms with Crippen molar-refractivity contribution in [2.45, 2.75) is 12.8 Å². The van der Waals surface area contributed by atoms with E-state index in [0.717, 1.165) is 51.8 Å². The molecule has 172 valence electrons. The predicted octanol–water partition coefficient (Wildman–Crippen LogP) is 6.03. The molecule has 5 aromatic rings. The summed E-state index contributed by atoms with van der Waals surface area (Å²) in [7, 11) is 0. The molecule has 0 bridgehead atoms. The molecule has 0 unspecified atom stereocenters. The Kier molecular flexibility index (Phi) is 5.19. The van der Waals surface area contributed by atoms with E-state index < -0.39 is 0 Å². The number of fused-ring (bicyclic) bond motifs is 2. The molecule has 1 aliphatic rings. The third-order valence-corrected chi connectivity index (χ3v) is 6.99. The Bertz CT molecular complexity index is 1580. The zero-order valence-corrected chi connectivity index (χ0v) is 19.5. The summed E-state index contributed by atoms with van der Waals surface area (Å²) < 4.78 is 0. The maximum Gasteiger partial charge on any atom is 0.262 e. The molecular formula is C28H21N3O3S. The number of amides is 1. The topological polar surface area (TPSA) is 86.5 Å². The number of hydrogen-bond donors (Lipinski definition) is 2. The van der Waals surface area contributed by atoms with Gasteiger partial charge in [-0.2, -0.15) is 11.3 Å². The second-order valence-electron chi connectivity index (χ2n) is 8.53. The highest BCUT2D eigenvalue weighted by Gasteiger charge is 2.26. The lowest BCUT2D eigenvalue weighted by Crippen LogP contribution is -2.35. The first-order chi connectivity index (χ1) is 17.1. The molecule has 2 N–H and O–H groups in total. The van der Waals surface area contributed by atoms with Crippen molar-refractivity contribution < 1.29 is 15.0 Å². The number of phenols is 2. The van der Waals surface area contributed by atoms with Gasteiger partial charge in [0.05, 0.1) is 16.8 Å². The Morgan fingerprint density at radius 3 is 2.66 bits per heavy atom. The maximum absolute atomic E-state index is 13.3. The average Bonchev–Trinajstić information content (AvgIpc) is 3.42. The summed E-state index contributed by atoms with van der Waals surface area (Å²) in [6, 6.07) is 20.1. The van der Waals surface area contributed by atoms with Crippen LogP contribution in [0.5, 0.6) is 11.5 Å². The Labute approximate surface area is 205 Å². The Balaban J connectivity index is 1.44. The molecule has 0 fully saturated rings. The third-order valence-electron chi connectivity index (χ3n) is 6.31. The highest BCUT2D eigenvalue weighted by Crippen LogP contribution is 2.36. The van der Waals surface area contributed by atoms with Crippen LogP contribution in [0.4, 0.5) is 5.69 Å². The van der Waals surface area contributed by atoms with Crippen LogP contribution in [0.15, 0.2) is 77.5 Å². The number of aryl methyl sites for hydroxylation is 1. The minimum absolute atomic E-state index is 0.0818. The standard InChI is InChI=1S/C28H21N3O3S/c32-20-8-9-22(25(33)15-20)28(34)31-12-3-4-17-14-18(7-10-24(17)31)26-21-5-1-2-6-23(21)29-27(30-26)19-11-13-35-16-19/h1-2,5-11,13-16,32-33H,3-4,12H2. The highest BCUT2D eigenvalue weighted by atomic mass is 32.1. The highest BCUT2D eigenvalue weighted by molar-refractivity contribution is 7.08. The van der Waals surface area contributed by atoms with Crippen molar-refractivity contribution in [1.82, 2.24) is 9.97 Å². The van der Waals surface area contributed by atoms with Crippen molar-refractivity contribution in [1.29, 1.82) is 0 Å². The monoisotopic (exact) mass is 479 g/mol. The number of nitrogens with zero attached hydrogens (tertiary/aromatic N) is 3. The van der Waals surface area contributed by atoms with E-state index in [9.17, 15) is 15.0 Å². The van der Waals surface area contributed by atoms with Crippen molar-refractivity contribution in [3.63, 3.8) is 0 Å². The number of carbonyl (C=O) groups is 1. The molecule has 0 spiro atoms. The number of rotatable bonds is 3. The van der Waals surface area contributed by atoms with Gasteiger partial charge in [0, 0.05) is 40.2 Å². The quantitative estimate of drug-likeness (QED) is 0.330. The van der Waals surface area contributed by atoms with E-state index in [1.807, 2.05) is 53.2 Å². The van der Waals surface area contributed by atoms with Crippen molar-refractivity contribution in [3.8, 4) is 34.1 Å². The summed E-state index contributed by atoms with van der Waals surface area (Å²) in [5.74, 6) is 0.0921. The molecule has 1 aliphatic heterocycles. The summed E-state index contributed by atoms with van der Waals surface area (Å²) in [6.45, 7) is 0.560. The normalized spacial score (nSPS) is 13.1. The zero-order chi connectivity index (χ0) is 23.9. The molecule has 0 aliphatic carbocycles. The minimum atomic E-state index is -0.288. The smallest absolute Gasteiger partial charge is 0.262 e. The van der Waals surface area contributed by atoms with Crippen LogP contribution in [0.25, 0.3) is 33.5 Å². The van der Waals surface area contributed by atoms with E-state index in [-0.39, 0.29) is 23.0 Å². The van der Waals surface area contributed by atoms with Gasteiger partial charge in [0.25, 0.3) is 5.91 Å². The van der Waals surface area contributed by atoms with Crippen LogP contribution in [-0.4, -0.2) is 32.6 Å². The molecule has 3 aromatic carbocycles. The average molecular weight is 480 g/mol. The second kappa shape index (κ2) is 8.52. The predicted molar refractivity (Wildman–Crippen MR) is 138 cm³/mol. The molecular weight excluding hydrogens is 458 g/mol. The lowest BCUT2D eigenvalue weighted by molar-refractivity contribution is 0.0982. The fraction of sp³-hybridized carbons (Fsp3) is 0.107. The largest absolute Gasteiger partial charge is 0.508 e. The summed E-state index contributed by atoms with van der Waals surface area (Å²) >= 11 is 1.61. The molecule has 0 radical (unpaired) electrons. The van der Waals surface area contributed by atoms with Gasteiger partial charge in [0.15, 0.2) is 5.82 Å². The number of aromatic hydroxyl groups is 2. The van der Waals surface area contributed by atoms with Crippen LogP contribution in [0, 0.1) is 0 Å². The number of para-hydroxylation sites is 1. The van der Waals surface area contributed by atoms with Gasteiger partial charge in [-0.25, -0.2) is 9.97 Å². The third kappa shape index (κ3) is 3.80. The Hall–Kier alpha value is -4.23. The van der Waals surface area contributed by atoms with E-state index >= 15 is 0 Å². The van der Waals surface area contributed by atoms with Gasteiger partial charge in [-0.15, -0.1) is 0 Å². The number of hydrogen-bond acceptors (Lipinski definition) is 6. The van der Waals surface area contributed by atoms with Crippen LogP contribution in [0.1, 0.15) is 22.3 Å². The van der Waals surface area contributed by atoms with Gasteiger partial charge in [0.2, 0.25) is 0 Å². The minimum Gasteiger partial charge on any atom is -0.508 e. The van der Waals surface area contributed by atoms with Crippen molar-refractivity contribution in [2.75, 3.05) is 11.4 Å². The SMILES string of the molecule is O=C(c1ccc(O)cc1O)N1CCCc2cc(-c3nc(-c4ccsc4)nc4ccccc34)ccc21. The Morgan fingerprint density at radius 2 is 1.83 bits per heavy atom.